The van der Waals surface area contributed by atoms with E-state index in [4.69, 9.17) is 10.6 Å². The second kappa shape index (κ2) is 7.63. The molecule has 0 aromatic heterocycles. The molecule has 106 valence electrons. The van der Waals surface area contributed by atoms with Crippen molar-refractivity contribution in [2.75, 3.05) is 11.9 Å². The van der Waals surface area contributed by atoms with Crippen molar-refractivity contribution in [1.29, 1.82) is 0 Å². The van der Waals surface area contributed by atoms with E-state index in [0.717, 1.165) is 18.0 Å². The molecule has 1 aromatic rings. The lowest BCUT2D eigenvalue weighted by Gasteiger charge is -2.12. The Balaban J connectivity index is 2.62. The second-order valence-electron chi connectivity index (χ2n) is 5.04. The molecular formula is C14H24N4O. The van der Waals surface area contributed by atoms with E-state index in [0.29, 0.717) is 11.9 Å². The minimum atomic E-state index is 0.174. The molecule has 1 aromatic carbocycles. The van der Waals surface area contributed by atoms with E-state index in [1.807, 2.05) is 38.1 Å². The van der Waals surface area contributed by atoms with Crippen LogP contribution in [-0.4, -0.2) is 18.6 Å². The summed E-state index contributed by atoms with van der Waals surface area (Å²) in [5.41, 5.74) is 3.47. The first-order chi connectivity index (χ1) is 9.01. The van der Waals surface area contributed by atoms with Gasteiger partial charge in [0.25, 0.3) is 0 Å². The van der Waals surface area contributed by atoms with Gasteiger partial charge in [0.1, 0.15) is 5.75 Å². The van der Waals surface area contributed by atoms with Gasteiger partial charge < -0.3 is 10.1 Å². The number of guanidine groups is 1. The number of nitrogens with zero attached hydrogens (tertiary/aromatic N) is 1. The molecule has 0 aliphatic carbocycles. The molecule has 1 rings (SSSR count). The van der Waals surface area contributed by atoms with Crippen LogP contribution in [0.3, 0.4) is 0 Å². The van der Waals surface area contributed by atoms with Crippen LogP contribution in [0.15, 0.2) is 29.3 Å². The maximum absolute atomic E-state index is 5.58. The molecule has 0 fully saturated rings. The fraction of sp³-hybridized carbons (Fsp3) is 0.500. The summed E-state index contributed by atoms with van der Waals surface area (Å²) in [5.74, 6) is 7.34. The first-order valence-electron chi connectivity index (χ1n) is 6.56. The lowest BCUT2D eigenvalue weighted by molar-refractivity contribution is 0.242. The van der Waals surface area contributed by atoms with Gasteiger partial charge in [-0.15, -0.1) is 0 Å². The van der Waals surface area contributed by atoms with Gasteiger partial charge in [-0.2, -0.15) is 0 Å². The van der Waals surface area contributed by atoms with Crippen molar-refractivity contribution in [3.05, 3.63) is 24.3 Å². The molecule has 0 bridgehead atoms. The molecule has 0 atom stereocenters. The van der Waals surface area contributed by atoms with Crippen LogP contribution in [0.5, 0.6) is 5.75 Å². The van der Waals surface area contributed by atoms with Gasteiger partial charge in [-0.05, 0) is 44.0 Å². The highest BCUT2D eigenvalue weighted by molar-refractivity contribution is 5.93. The van der Waals surface area contributed by atoms with Crippen LogP contribution in [0.4, 0.5) is 5.69 Å². The molecule has 19 heavy (non-hydrogen) atoms. The van der Waals surface area contributed by atoms with Crippen molar-refractivity contribution < 1.29 is 4.74 Å². The number of aliphatic imine (C=N–C) groups is 1. The number of rotatable bonds is 5. The van der Waals surface area contributed by atoms with Crippen LogP contribution in [0.25, 0.3) is 0 Å². The summed E-state index contributed by atoms with van der Waals surface area (Å²) in [6.07, 6.45) is 0.174. The average Bonchev–Trinajstić information content (AvgIpc) is 2.35. The van der Waals surface area contributed by atoms with Crippen molar-refractivity contribution in [2.24, 2.45) is 16.8 Å². The van der Waals surface area contributed by atoms with E-state index in [-0.39, 0.29) is 6.10 Å². The topological polar surface area (TPSA) is 71.7 Å². The van der Waals surface area contributed by atoms with Gasteiger partial charge in [0.05, 0.1) is 6.10 Å². The Morgan fingerprint density at radius 3 is 2.32 bits per heavy atom. The number of ether oxygens (including phenoxy) is 1. The van der Waals surface area contributed by atoms with E-state index < -0.39 is 0 Å². The zero-order valence-electron chi connectivity index (χ0n) is 12.1. The predicted molar refractivity (Wildman–Crippen MR) is 80.3 cm³/mol. The minimum Gasteiger partial charge on any atom is -0.491 e. The third kappa shape index (κ3) is 6.10. The standard InChI is InChI=1S/C14H24N4O/c1-10(2)9-16-14(18-15)17-12-5-7-13(8-6-12)19-11(3)4/h5-8,10-11H,9,15H2,1-4H3,(H2,16,17,18). The molecule has 5 nitrogen and oxygen atoms in total. The van der Waals surface area contributed by atoms with Crippen molar-refractivity contribution in [3.63, 3.8) is 0 Å². The summed E-state index contributed by atoms with van der Waals surface area (Å²) in [5, 5.41) is 3.12. The first kappa shape index (κ1) is 15.3. The van der Waals surface area contributed by atoms with Crippen LogP contribution in [0, 0.1) is 5.92 Å². The fourth-order valence-corrected chi connectivity index (χ4v) is 1.42. The highest BCUT2D eigenvalue weighted by Crippen LogP contribution is 2.16. The van der Waals surface area contributed by atoms with E-state index in [2.05, 4.69) is 29.6 Å². The number of benzene rings is 1. The number of nitrogens with two attached hydrogens (primary N) is 1. The Morgan fingerprint density at radius 2 is 1.84 bits per heavy atom. The molecule has 0 heterocycles. The molecule has 4 N–H and O–H groups in total. The SMILES string of the molecule is CC(C)CN=C(NN)Nc1ccc(OC(C)C)cc1. The fourth-order valence-electron chi connectivity index (χ4n) is 1.42. The third-order valence-corrected chi connectivity index (χ3v) is 2.24. The van der Waals surface area contributed by atoms with Crippen LogP contribution in [0.1, 0.15) is 27.7 Å². The summed E-state index contributed by atoms with van der Waals surface area (Å²) >= 11 is 0. The van der Waals surface area contributed by atoms with Crippen LogP contribution >= 0.6 is 0 Å². The van der Waals surface area contributed by atoms with Crippen molar-refractivity contribution >= 4 is 11.6 Å². The number of hydrazine groups is 1. The molecule has 0 amide bonds. The van der Waals surface area contributed by atoms with Gasteiger partial charge in [-0.25, -0.2) is 5.84 Å². The van der Waals surface area contributed by atoms with Crippen LogP contribution in [-0.2, 0) is 0 Å². The number of anilines is 1. The Bertz CT molecular complexity index is 398. The maximum atomic E-state index is 5.58. The second-order valence-corrected chi connectivity index (χ2v) is 5.04. The molecule has 0 saturated heterocycles. The summed E-state index contributed by atoms with van der Waals surface area (Å²) in [7, 11) is 0. The van der Waals surface area contributed by atoms with Gasteiger partial charge in [0.15, 0.2) is 0 Å². The molecule has 0 aliphatic heterocycles. The molecule has 0 radical (unpaired) electrons. The van der Waals surface area contributed by atoms with Crippen LogP contribution < -0.4 is 21.3 Å². The zero-order valence-corrected chi connectivity index (χ0v) is 12.1. The minimum absolute atomic E-state index is 0.174. The quantitative estimate of drug-likeness (QED) is 0.330. The van der Waals surface area contributed by atoms with Crippen molar-refractivity contribution in [1.82, 2.24) is 5.43 Å². The number of nitrogens with one attached hydrogen (secondary N) is 2. The molecule has 0 spiro atoms. The van der Waals surface area contributed by atoms with Gasteiger partial charge >= 0.3 is 0 Å². The lowest BCUT2D eigenvalue weighted by atomic mass is 10.2. The van der Waals surface area contributed by atoms with Crippen LogP contribution in [0.2, 0.25) is 0 Å². The summed E-state index contributed by atoms with van der Waals surface area (Å²) < 4.78 is 5.58. The monoisotopic (exact) mass is 264 g/mol. The third-order valence-electron chi connectivity index (χ3n) is 2.24. The summed E-state index contributed by atoms with van der Waals surface area (Å²) in [6.45, 7) is 8.94. The normalized spacial score (nSPS) is 11.8. The zero-order chi connectivity index (χ0) is 14.3. The Morgan fingerprint density at radius 1 is 1.21 bits per heavy atom. The predicted octanol–water partition coefficient (Wildman–Crippen LogP) is 2.36. The number of hydrogen-bond acceptors (Lipinski definition) is 3. The first-order valence-corrected chi connectivity index (χ1v) is 6.56. The smallest absolute Gasteiger partial charge is 0.210 e. The van der Waals surface area contributed by atoms with E-state index >= 15 is 0 Å². The Kier molecular flexibility index (Phi) is 6.15. The molecule has 5 heteroatoms. The lowest BCUT2D eigenvalue weighted by Crippen LogP contribution is -2.36. The van der Waals surface area contributed by atoms with E-state index in [1.54, 1.807) is 0 Å². The van der Waals surface area contributed by atoms with Gasteiger partial charge in [-0.3, -0.25) is 10.4 Å². The van der Waals surface area contributed by atoms with E-state index in [9.17, 15) is 0 Å². The molecule has 0 aliphatic rings. The summed E-state index contributed by atoms with van der Waals surface area (Å²) in [4.78, 5) is 4.35. The van der Waals surface area contributed by atoms with Gasteiger partial charge in [0, 0.05) is 12.2 Å². The van der Waals surface area contributed by atoms with E-state index in [1.165, 1.54) is 0 Å². The molecular weight excluding hydrogens is 240 g/mol. The van der Waals surface area contributed by atoms with Crippen molar-refractivity contribution in [3.8, 4) is 5.75 Å². The highest BCUT2D eigenvalue weighted by atomic mass is 16.5. The largest absolute Gasteiger partial charge is 0.491 e. The summed E-state index contributed by atoms with van der Waals surface area (Å²) in [6, 6.07) is 7.69. The molecule has 0 unspecified atom stereocenters. The maximum Gasteiger partial charge on any atom is 0.210 e. The average molecular weight is 264 g/mol. The van der Waals surface area contributed by atoms with Gasteiger partial charge in [-0.1, -0.05) is 13.8 Å². The Hall–Kier alpha value is -1.75. The molecule has 0 saturated carbocycles. The van der Waals surface area contributed by atoms with Crippen molar-refractivity contribution in [2.45, 2.75) is 33.8 Å². The highest BCUT2D eigenvalue weighted by Gasteiger charge is 2.01. The Labute approximate surface area is 115 Å². The van der Waals surface area contributed by atoms with Gasteiger partial charge in [0.2, 0.25) is 5.96 Å². The number of hydrogen-bond donors (Lipinski definition) is 3.